The lowest BCUT2D eigenvalue weighted by Gasteiger charge is -2.56. The fourth-order valence-electron chi connectivity index (χ4n) is 7.57. The van der Waals surface area contributed by atoms with Gasteiger partial charge in [0, 0.05) is 17.8 Å². The number of aliphatic hydroxyl groups is 1. The number of fused-ring (bicyclic) bond motifs is 4. The molecule has 0 heterocycles. The number of allylic oxidation sites excluding steroid dienone is 4. The minimum absolute atomic E-state index is 0.0101. The molecule has 4 aliphatic carbocycles. The standard InChI is InChI=1S/C27H27F5O4/c1-24-13-20(14-2-4-15(5-3-14)23(34)35)22-18-9-7-17(33)12-16(18)6-8-19(22)21(24)10-11-25(24,36)26(28,29)27(30,31)32/h2-5,12,19-21,36H,6-11,13H2,1H3,(H,34,35)/t19-,20+,21-,24-,25-/m0/s1. The van der Waals surface area contributed by atoms with Crippen molar-refractivity contribution >= 4 is 11.8 Å². The van der Waals surface area contributed by atoms with E-state index in [0.29, 0.717) is 31.2 Å². The quantitative estimate of drug-likeness (QED) is 0.474. The van der Waals surface area contributed by atoms with E-state index in [2.05, 4.69) is 0 Å². The second-order valence-electron chi connectivity index (χ2n) is 10.9. The molecule has 1 aromatic carbocycles. The lowest BCUT2D eigenvalue weighted by molar-refractivity contribution is -0.362. The molecule has 9 heteroatoms. The van der Waals surface area contributed by atoms with E-state index in [4.69, 9.17) is 0 Å². The summed E-state index contributed by atoms with van der Waals surface area (Å²) in [5, 5.41) is 20.5. The van der Waals surface area contributed by atoms with E-state index in [9.17, 15) is 41.8 Å². The van der Waals surface area contributed by atoms with Gasteiger partial charge in [-0.15, -0.1) is 0 Å². The van der Waals surface area contributed by atoms with Crippen molar-refractivity contribution in [1.29, 1.82) is 0 Å². The Morgan fingerprint density at radius 1 is 1.03 bits per heavy atom. The number of carboxylic acid groups (broad SMARTS) is 1. The van der Waals surface area contributed by atoms with Crippen LogP contribution in [0.5, 0.6) is 0 Å². The van der Waals surface area contributed by atoms with Crippen molar-refractivity contribution < 1.29 is 41.8 Å². The molecule has 4 nitrogen and oxygen atoms in total. The highest BCUT2D eigenvalue weighted by atomic mass is 19.4. The van der Waals surface area contributed by atoms with Gasteiger partial charge >= 0.3 is 18.1 Å². The molecule has 2 N–H and O–H groups in total. The minimum Gasteiger partial charge on any atom is -0.478 e. The molecule has 194 valence electrons. The number of hydrogen-bond donors (Lipinski definition) is 2. The third-order valence-corrected chi connectivity index (χ3v) is 9.32. The predicted octanol–water partition coefficient (Wildman–Crippen LogP) is 6.21. The Labute approximate surface area is 204 Å². The topological polar surface area (TPSA) is 74.6 Å². The molecule has 0 radical (unpaired) electrons. The van der Waals surface area contributed by atoms with Crippen molar-refractivity contribution in [1.82, 2.24) is 0 Å². The molecule has 0 amide bonds. The monoisotopic (exact) mass is 510 g/mol. The summed E-state index contributed by atoms with van der Waals surface area (Å²) in [6.45, 7) is 1.36. The van der Waals surface area contributed by atoms with Crippen LogP contribution in [0.15, 0.2) is 47.1 Å². The molecule has 5 rings (SSSR count). The summed E-state index contributed by atoms with van der Waals surface area (Å²) >= 11 is 0. The molecule has 2 saturated carbocycles. The molecule has 36 heavy (non-hydrogen) atoms. The van der Waals surface area contributed by atoms with Gasteiger partial charge < -0.3 is 10.2 Å². The van der Waals surface area contributed by atoms with E-state index in [1.165, 1.54) is 19.1 Å². The van der Waals surface area contributed by atoms with E-state index in [1.807, 2.05) is 0 Å². The predicted molar refractivity (Wildman–Crippen MR) is 120 cm³/mol. The first kappa shape index (κ1) is 25.1. The molecule has 0 spiro atoms. The number of benzene rings is 1. The Kier molecular flexibility index (Phi) is 5.56. The zero-order valence-corrected chi connectivity index (χ0v) is 19.7. The van der Waals surface area contributed by atoms with Crippen LogP contribution < -0.4 is 0 Å². The van der Waals surface area contributed by atoms with Crippen LogP contribution in [0.1, 0.15) is 73.7 Å². The maximum atomic E-state index is 14.9. The van der Waals surface area contributed by atoms with Gasteiger partial charge in [0.1, 0.15) is 5.60 Å². The average molecular weight is 510 g/mol. The van der Waals surface area contributed by atoms with Crippen LogP contribution in [-0.4, -0.2) is 39.7 Å². The average Bonchev–Trinajstić information content (AvgIpc) is 3.09. The van der Waals surface area contributed by atoms with E-state index in [1.54, 1.807) is 18.2 Å². The second-order valence-corrected chi connectivity index (χ2v) is 10.9. The highest BCUT2D eigenvalue weighted by Gasteiger charge is 2.79. The molecule has 1 aromatic rings. The van der Waals surface area contributed by atoms with Crippen molar-refractivity contribution in [2.24, 2.45) is 17.3 Å². The molecular formula is C27H27F5O4. The summed E-state index contributed by atoms with van der Waals surface area (Å²) in [7, 11) is 0. The van der Waals surface area contributed by atoms with Gasteiger partial charge in [-0.05, 0) is 85.3 Å². The van der Waals surface area contributed by atoms with Gasteiger partial charge in [-0.2, -0.15) is 22.0 Å². The Hall–Kier alpha value is -2.55. The SMILES string of the molecule is C[C@]12C[C@H](c3ccc(C(=O)O)cc3)C3=C4CCC(=O)C=C4CC[C@H]3[C@@H]1CC[C@@]2(O)C(F)(F)C(F)(F)F. The highest BCUT2D eigenvalue weighted by molar-refractivity contribution is 5.93. The third kappa shape index (κ3) is 3.34. The Bertz CT molecular complexity index is 1180. The van der Waals surface area contributed by atoms with Crippen molar-refractivity contribution in [2.45, 2.75) is 75.5 Å². The first-order chi connectivity index (χ1) is 16.7. The smallest absolute Gasteiger partial charge is 0.456 e. The van der Waals surface area contributed by atoms with Gasteiger partial charge in [-0.3, -0.25) is 4.79 Å². The van der Waals surface area contributed by atoms with Crippen molar-refractivity contribution in [3.8, 4) is 0 Å². The number of hydrogen-bond acceptors (Lipinski definition) is 3. The molecule has 0 aliphatic heterocycles. The number of carboxylic acids is 1. The van der Waals surface area contributed by atoms with Gasteiger partial charge in [0.25, 0.3) is 0 Å². The molecule has 5 atom stereocenters. The normalized spacial score (nSPS) is 34.6. The molecule has 4 aliphatic rings. The number of halogens is 5. The number of carbonyl (C=O) groups is 2. The van der Waals surface area contributed by atoms with Crippen LogP contribution >= 0.6 is 0 Å². The first-order valence-corrected chi connectivity index (χ1v) is 12.2. The summed E-state index contributed by atoms with van der Waals surface area (Å²) in [4.78, 5) is 23.4. The number of rotatable bonds is 3. The van der Waals surface area contributed by atoms with E-state index >= 15 is 0 Å². The lowest BCUT2D eigenvalue weighted by atomic mass is 9.50. The van der Waals surface area contributed by atoms with Crippen LogP contribution in [0.25, 0.3) is 0 Å². The maximum Gasteiger partial charge on any atom is 0.456 e. The van der Waals surface area contributed by atoms with Crippen LogP contribution in [0.3, 0.4) is 0 Å². The molecular weight excluding hydrogens is 483 g/mol. The third-order valence-electron chi connectivity index (χ3n) is 9.32. The van der Waals surface area contributed by atoms with Crippen LogP contribution in [0.2, 0.25) is 0 Å². The number of carbonyl (C=O) groups excluding carboxylic acids is 1. The number of alkyl halides is 5. The fraction of sp³-hybridized carbons (Fsp3) is 0.556. The zero-order chi connectivity index (χ0) is 26.3. The fourth-order valence-corrected chi connectivity index (χ4v) is 7.57. The Morgan fingerprint density at radius 3 is 2.31 bits per heavy atom. The van der Waals surface area contributed by atoms with Crippen LogP contribution in [-0.2, 0) is 4.79 Å². The van der Waals surface area contributed by atoms with Gasteiger partial charge in [0.2, 0.25) is 0 Å². The lowest BCUT2D eigenvalue weighted by Crippen LogP contribution is -2.65. The summed E-state index contributed by atoms with van der Waals surface area (Å²) < 4.78 is 70.6. The van der Waals surface area contributed by atoms with Gasteiger partial charge in [-0.1, -0.05) is 24.6 Å². The first-order valence-electron chi connectivity index (χ1n) is 12.2. The molecule has 2 fully saturated rings. The van der Waals surface area contributed by atoms with Crippen molar-refractivity contribution in [2.75, 3.05) is 0 Å². The highest BCUT2D eigenvalue weighted by Crippen LogP contribution is 2.70. The van der Waals surface area contributed by atoms with E-state index in [-0.39, 0.29) is 30.1 Å². The number of aromatic carboxylic acids is 1. The second kappa shape index (κ2) is 7.97. The van der Waals surface area contributed by atoms with Crippen molar-refractivity contribution in [3.63, 3.8) is 0 Å². The van der Waals surface area contributed by atoms with Crippen molar-refractivity contribution in [3.05, 3.63) is 58.2 Å². The van der Waals surface area contributed by atoms with E-state index in [0.717, 1.165) is 16.7 Å². The maximum absolute atomic E-state index is 14.9. The summed E-state index contributed by atoms with van der Waals surface area (Å²) in [5.74, 6) is -7.89. The summed E-state index contributed by atoms with van der Waals surface area (Å²) in [6.07, 6.45) is -3.23. The molecule has 0 saturated heterocycles. The molecule has 0 aromatic heterocycles. The Balaban J connectivity index is 1.69. The van der Waals surface area contributed by atoms with Crippen LogP contribution in [0.4, 0.5) is 22.0 Å². The summed E-state index contributed by atoms with van der Waals surface area (Å²) in [6, 6.07) is 5.93. The largest absolute Gasteiger partial charge is 0.478 e. The van der Waals surface area contributed by atoms with Gasteiger partial charge in [0.15, 0.2) is 5.78 Å². The van der Waals surface area contributed by atoms with E-state index < -0.39 is 47.3 Å². The van der Waals surface area contributed by atoms with Gasteiger partial charge in [-0.25, -0.2) is 4.79 Å². The Morgan fingerprint density at radius 2 is 1.69 bits per heavy atom. The van der Waals surface area contributed by atoms with Gasteiger partial charge in [0.05, 0.1) is 5.56 Å². The summed E-state index contributed by atoms with van der Waals surface area (Å²) in [5.41, 5.74) is -1.55. The molecule has 0 bridgehead atoms. The zero-order valence-electron chi connectivity index (χ0n) is 19.7. The minimum atomic E-state index is -5.90. The van der Waals surface area contributed by atoms with Crippen LogP contribution in [0, 0.1) is 17.3 Å². The molecule has 0 unspecified atom stereocenters. The number of ketones is 1.